The first-order chi connectivity index (χ1) is 5.27. The predicted molar refractivity (Wildman–Crippen MR) is 50.2 cm³/mol. The smallest absolute Gasteiger partial charge is 0.125 e. The van der Waals surface area contributed by atoms with Crippen molar-refractivity contribution >= 4 is 29.3 Å². The van der Waals surface area contributed by atoms with Gasteiger partial charge in [-0.25, -0.2) is 9.97 Å². The SMILES string of the molecule is Cl.Cn1cnc2cnc(N)cc21. The molecule has 0 amide bonds. The van der Waals surface area contributed by atoms with E-state index in [4.69, 9.17) is 5.73 Å². The molecule has 2 aromatic rings. The molecule has 2 rings (SSSR count). The van der Waals surface area contributed by atoms with E-state index >= 15 is 0 Å². The van der Waals surface area contributed by atoms with Crippen molar-refractivity contribution in [1.82, 2.24) is 14.5 Å². The largest absolute Gasteiger partial charge is 0.384 e. The Kier molecular flexibility index (Phi) is 2.19. The molecule has 0 spiro atoms. The molecule has 2 N–H and O–H groups in total. The first-order valence-electron chi connectivity index (χ1n) is 3.30. The summed E-state index contributed by atoms with van der Waals surface area (Å²) in [6, 6.07) is 1.81. The molecule has 0 radical (unpaired) electrons. The average Bonchev–Trinajstić information content (AvgIpc) is 2.33. The van der Waals surface area contributed by atoms with Gasteiger partial charge in [0.2, 0.25) is 0 Å². The van der Waals surface area contributed by atoms with Gasteiger partial charge in [-0.05, 0) is 0 Å². The number of hydrogen-bond acceptors (Lipinski definition) is 3. The Morgan fingerprint density at radius 1 is 1.42 bits per heavy atom. The predicted octanol–water partition coefficient (Wildman–Crippen LogP) is 0.972. The molecule has 0 aromatic carbocycles. The number of nitrogens with two attached hydrogens (primary N) is 1. The van der Waals surface area contributed by atoms with Crippen molar-refractivity contribution in [1.29, 1.82) is 0 Å². The Hall–Kier alpha value is -1.29. The van der Waals surface area contributed by atoms with Crippen molar-refractivity contribution < 1.29 is 0 Å². The fourth-order valence-corrected chi connectivity index (χ4v) is 1.05. The van der Waals surface area contributed by atoms with E-state index in [1.165, 1.54) is 0 Å². The molecule has 0 fully saturated rings. The zero-order valence-corrected chi connectivity index (χ0v) is 7.38. The minimum atomic E-state index is 0. The van der Waals surface area contributed by atoms with Gasteiger partial charge >= 0.3 is 0 Å². The molecule has 0 aliphatic rings. The van der Waals surface area contributed by atoms with Crippen LogP contribution in [0.4, 0.5) is 5.82 Å². The lowest BCUT2D eigenvalue weighted by Gasteiger charge is -1.93. The molecule has 0 saturated carbocycles. The highest BCUT2D eigenvalue weighted by Crippen LogP contribution is 2.11. The van der Waals surface area contributed by atoms with Gasteiger partial charge in [0.05, 0.1) is 18.0 Å². The van der Waals surface area contributed by atoms with Gasteiger partial charge in [0.1, 0.15) is 11.3 Å². The summed E-state index contributed by atoms with van der Waals surface area (Å²) in [6.07, 6.45) is 3.41. The first kappa shape index (κ1) is 8.80. The lowest BCUT2D eigenvalue weighted by molar-refractivity contribution is 0.947. The molecule has 12 heavy (non-hydrogen) atoms. The standard InChI is InChI=1S/C7H8N4.ClH/c1-11-4-10-5-3-9-7(8)2-6(5)11;/h2-4H,1H3,(H2,8,9);1H. The number of aromatic nitrogens is 3. The maximum absolute atomic E-state index is 5.50. The van der Waals surface area contributed by atoms with Crippen molar-refractivity contribution in [3.63, 3.8) is 0 Å². The normalized spacial score (nSPS) is 9.75. The first-order valence-corrected chi connectivity index (χ1v) is 3.30. The van der Waals surface area contributed by atoms with E-state index in [1.807, 2.05) is 17.7 Å². The minimum Gasteiger partial charge on any atom is -0.384 e. The maximum atomic E-state index is 5.50. The van der Waals surface area contributed by atoms with Crippen molar-refractivity contribution in [3.05, 3.63) is 18.6 Å². The molecule has 0 saturated heterocycles. The second kappa shape index (κ2) is 2.98. The molecule has 0 aliphatic heterocycles. The second-order valence-electron chi connectivity index (χ2n) is 2.45. The maximum Gasteiger partial charge on any atom is 0.125 e. The molecular weight excluding hydrogens is 176 g/mol. The van der Waals surface area contributed by atoms with Crippen LogP contribution in [0.5, 0.6) is 0 Å². The molecular formula is C7H9ClN4. The van der Waals surface area contributed by atoms with E-state index in [0.29, 0.717) is 5.82 Å². The van der Waals surface area contributed by atoms with Crippen LogP contribution < -0.4 is 5.73 Å². The van der Waals surface area contributed by atoms with E-state index in [1.54, 1.807) is 12.5 Å². The van der Waals surface area contributed by atoms with E-state index in [2.05, 4.69) is 9.97 Å². The van der Waals surface area contributed by atoms with E-state index in [9.17, 15) is 0 Å². The number of aryl methyl sites for hydroxylation is 1. The summed E-state index contributed by atoms with van der Waals surface area (Å²) < 4.78 is 1.91. The van der Waals surface area contributed by atoms with E-state index in [0.717, 1.165) is 11.0 Å². The topological polar surface area (TPSA) is 56.7 Å². The molecule has 0 unspecified atom stereocenters. The van der Waals surface area contributed by atoms with Crippen LogP contribution in [0.1, 0.15) is 0 Å². The molecule has 5 heteroatoms. The highest BCUT2D eigenvalue weighted by Gasteiger charge is 1.98. The number of nitrogen functional groups attached to an aromatic ring is 1. The van der Waals surface area contributed by atoms with E-state index in [-0.39, 0.29) is 12.4 Å². The summed E-state index contributed by atoms with van der Waals surface area (Å²) in [7, 11) is 1.93. The van der Waals surface area contributed by atoms with Crippen molar-refractivity contribution in [2.45, 2.75) is 0 Å². The Morgan fingerprint density at radius 2 is 2.17 bits per heavy atom. The van der Waals surface area contributed by atoms with Crippen LogP contribution in [-0.2, 0) is 7.05 Å². The Bertz CT molecular complexity index is 395. The van der Waals surface area contributed by atoms with Gasteiger partial charge in [-0.15, -0.1) is 12.4 Å². The number of hydrogen-bond donors (Lipinski definition) is 1. The molecule has 0 bridgehead atoms. The summed E-state index contributed by atoms with van der Waals surface area (Å²) in [5, 5.41) is 0. The molecule has 64 valence electrons. The lowest BCUT2D eigenvalue weighted by atomic mass is 10.4. The van der Waals surface area contributed by atoms with Crippen LogP contribution >= 0.6 is 12.4 Å². The van der Waals surface area contributed by atoms with Gasteiger partial charge in [-0.1, -0.05) is 0 Å². The van der Waals surface area contributed by atoms with E-state index < -0.39 is 0 Å². The summed E-state index contributed by atoms with van der Waals surface area (Å²) in [6.45, 7) is 0. The number of halogens is 1. The van der Waals surface area contributed by atoms with Gasteiger partial charge in [0.25, 0.3) is 0 Å². The zero-order valence-electron chi connectivity index (χ0n) is 6.56. The fourth-order valence-electron chi connectivity index (χ4n) is 1.05. The fraction of sp³-hybridized carbons (Fsp3) is 0.143. The number of pyridine rings is 1. The number of imidazole rings is 1. The Labute approximate surface area is 75.8 Å². The quantitative estimate of drug-likeness (QED) is 0.664. The second-order valence-corrected chi connectivity index (χ2v) is 2.45. The zero-order chi connectivity index (χ0) is 7.84. The van der Waals surface area contributed by atoms with Gasteiger partial charge in [-0.2, -0.15) is 0 Å². The van der Waals surface area contributed by atoms with Crippen LogP contribution in [0, 0.1) is 0 Å². The van der Waals surface area contributed by atoms with Crippen molar-refractivity contribution in [3.8, 4) is 0 Å². The molecule has 0 atom stereocenters. The summed E-state index contributed by atoms with van der Waals surface area (Å²) >= 11 is 0. The molecule has 2 heterocycles. The minimum absolute atomic E-state index is 0. The van der Waals surface area contributed by atoms with Gasteiger partial charge in [-0.3, -0.25) is 0 Å². The number of rotatable bonds is 0. The third-order valence-electron chi connectivity index (χ3n) is 1.63. The van der Waals surface area contributed by atoms with Crippen molar-refractivity contribution in [2.75, 3.05) is 5.73 Å². The molecule has 4 nitrogen and oxygen atoms in total. The van der Waals surface area contributed by atoms with Crippen LogP contribution in [0.2, 0.25) is 0 Å². The summed E-state index contributed by atoms with van der Waals surface area (Å²) in [5.41, 5.74) is 7.39. The van der Waals surface area contributed by atoms with Crippen LogP contribution in [-0.4, -0.2) is 14.5 Å². The summed E-state index contributed by atoms with van der Waals surface area (Å²) in [5.74, 6) is 0.529. The van der Waals surface area contributed by atoms with Gasteiger partial charge in [0, 0.05) is 13.1 Å². The average molecular weight is 185 g/mol. The van der Waals surface area contributed by atoms with Crippen molar-refractivity contribution in [2.24, 2.45) is 7.05 Å². The Morgan fingerprint density at radius 3 is 2.92 bits per heavy atom. The number of anilines is 1. The highest BCUT2D eigenvalue weighted by atomic mass is 35.5. The van der Waals surface area contributed by atoms with Crippen LogP contribution in [0.25, 0.3) is 11.0 Å². The third-order valence-corrected chi connectivity index (χ3v) is 1.63. The highest BCUT2D eigenvalue weighted by molar-refractivity contribution is 5.85. The lowest BCUT2D eigenvalue weighted by Crippen LogP contribution is -1.90. The molecule has 0 aliphatic carbocycles. The van der Waals surface area contributed by atoms with Crippen LogP contribution in [0.3, 0.4) is 0 Å². The van der Waals surface area contributed by atoms with Crippen LogP contribution in [0.15, 0.2) is 18.6 Å². The third kappa shape index (κ3) is 1.21. The van der Waals surface area contributed by atoms with Gasteiger partial charge < -0.3 is 10.3 Å². The number of fused-ring (bicyclic) bond motifs is 1. The molecule has 2 aromatic heterocycles. The number of nitrogens with zero attached hydrogens (tertiary/aromatic N) is 3. The monoisotopic (exact) mass is 184 g/mol. The summed E-state index contributed by atoms with van der Waals surface area (Å²) in [4.78, 5) is 8.03. The Balaban J connectivity index is 0.000000720. The van der Waals surface area contributed by atoms with Gasteiger partial charge in [0.15, 0.2) is 0 Å².